The Kier molecular flexibility index (Phi) is 10.4. The number of carbonyl (C=O) groups is 4. The molecule has 0 aromatic heterocycles. The zero-order valence-corrected chi connectivity index (χ0v) is 20.8. The summed E-state index contributed by atoms with van der Waals surface area (Å²) in [6.07, 6.45) is -0.315. The van der Waals surface area contributed by atoms with E-state index < -0.39 is 12.0 Å². The zero-order valence-electron chi connectivity index (χ0n) is 20.8. The first-order valence-corrected chi connectivity index (χ1v) is 12.1. The van der Waals surface area contributed by atoms with Crippen LogP contribution in [-0.4, -0.2) is 72.7 Å². The van der Waals surface area contributed by atoms with Gasteiger partial charge in [0.05, 0.1) is 25.7 Å². The van der Waals surface area contributed by atoms with Gasteiger partial charge in [-0.25, -0.2) is 4.79 Å². The lowest BCUT2D eigenvalue weighted by Crippen LogP contribution is -2.48. The number of hydrogen-bond acceptors (Lipinski definition) is 6. The van der Waals surface area contributed by atoms with Crippen LogP contribution in [0.15, 0.2) is 48.5 Å². The molecule has 198 valence electrons. The Balaban J connectivity index is 1.41. The first-order valence-electron chi connectivity index (χ1n) is 12.1. The molecule has 1 fully saturated rings. The highest BCUT2D eigenvalue weighted by molar-refractivity contribution is 6.00. The van der Waals surface area contributed by atoms with E-state index in [0.717, 1.165) is 5.56 Å². The van der Waals surface area contributed by atoms with Gasteiger partial charge in [0.15, 0.2) is 0 Å². The molecule has 4 amide bonds. The predicted octanol–water partition coefficient (Wildman–Crippen LogP) is 2.65. The fourth-order valence-electron chi connectivity index (χ4n) is 3.85. The Morgan fingerprint density at radius 2 is 1.51 bits per heavy atom. The average Bonchev–Trinajstić information content (AvgIpc) is 2.85. The number of morpholine rings is 1. The minimum atomic E-state index is -0.998. The number of carboxylic acids is 1. The Bertz CT molecular complexity index is 1090. The summed E-state index contributed by atoms with van der Waals surface area (Å²) in [7, 11) is 0. The normalized spacial score (nSPS) is 14.3. The van der Waals surface area contributed by atoms with Crippen LogP contribution in [-0.2, 0) is 19.1 Å². The van der Waals surface area contributed by atoms with E-state index in [4.69, 9.17) is 9.84 Å². The molecule has 1 atom stereocenters. The van der Waals surface area contributed by atoms with Crippen molar-refractivity contribution in [3.63, 3.8) is 0 Å². The van der Waals surface area contributed by atoms with Gasteiger partial charge in [0.1, 0.15) is 0 Å². The molecule has 11 heteroatoms. The summed E-state index contributed by atoms with van der Waals surface area (Å²) < 4.78 is 5.30. The number of para-hydroxylation sites is 1. The fourth-order valence-corrected chi connectivity index (χ4v) is 3.85. The maximum atomic E-state index is 12.4. The number of carboxylic acid groups (broad SMARTS) is 1. The first kappa shape index (κ1) is 27.6. The smallest absolute Gasteiger partial charge is 0.323 e. The summed E-state index contributed by atoms with van der Waals surface area (Å²) in [5, 5.41) is 20.1. The second-order valence-electron chi connectivity index (χ2n) is 8.79. The number of rotatable bonds is 11. The Morgan fingerprint density at radius 3 is 2.16 bits per heavy atom. The molecule has 0 aliphatic carbocycles. The minimum absolute atomic E-state index is 0.0536. The topological polar surface area (TPSA) is 149 Å². The molecule has 0 bridgehead atoms. The lowest BCUT2D eigenvalue weighted by molar-refractivity contribution is -0.138. The van der Waals surface area contributed by atoms with E-state index in [9.17, 15) is 19.2 Å². The number of hydrogen-bond donors (Lipinski definition) is 5. The van der Waals surface area contributed by atoms with E-state index >= 15 is 0 Å². The van der Waals surface area contributed by atoms with E-state index in [1.54, 1.807) is 24.3 Å². The fraction of sp³-hybridized carbons (Fsp3) is 0.385. The Hall–Kier alpha value is -3.96. The molecule has 1 saturated heterocycles. The lowest BCUT2D eigenvalue weighted by atomic mass is 10.1. The lowest BCUT2D eigenvalue weighted by Gasteiger charge is -2.30. The molecule has 0 spiro atoms. The van der Waals surface area contributed by atoms with Gasteiger partial charge in [-0.15, -0.1) is 0 Å². The summed E-state index contributed by atoms with van der Waals surface area (Å²) in [5.41, 5.74) is 2.72. The van der Waals surface area contributed by atoms with Gasteiger partial charge in [-0.1, -0.05) is 18.2 Å². The van der Waals surface area contributed by atoms with Crippen LogP contribution < -0.4 is 21.3 Å². The summed E-state index contributed by atoms with van der Waals surface area (Å²) in [5.74, 6) is -1.73. The van der Waals surface area contributed by atoms with Crippen LogP contribution in [0.5, 0.6) is 0 Å². The SMILES string of the molecule is Cc1ccccc1NC(=O)Nc1ccc(NC(=O)CCC(=O)N[C@@H](CC(=O)O)CN2CCOCC2)cc1. The maximum Gasteiger partial charge on any atom is 0.323 e. The van der Waals surface area contributed by atoms with Crippen molar-refractivity contribution in [1.82, 2.24) is 10.2 Å². The molecule has 0 unspecified atom stereocenters. The summed E-state index contributed by atoms with van der Waals surface area (Å²) >= 11 is 0. The molecule has 3 rings (SSSR count). The summed E-state index contributed by atoms with van der Waals surface area (Å²) in [4.78, 5) is 50.1. The number of ether oxygens (including phenoxy) is 1. The van der Waals surface area contributed by atoms with Crippen molar-refractivity contribution in [3.8, 4) is 0 Å². The summed E-state index contributed by atoms with van der Waals surface area (Å²) in [6.45, 7) is 4.82. The second-order valence-corrected chi connectivity index (χ2v) is 8.79. The van der Waals surface area contributed by atoms with Gasteiger partial charge >= 0.3 is 12.0 Å². The number of benzene rings is 2. The Morgan fingerprint density at radius 1 is 0.892 bits per heavy atom. The number of carbonyl (C=O) groups excluding carboxylic acids is 3. The molecule has 1 heterocycles. The molecule has 0 saturated carbocycles. The van der Waals surface area contributed by atoms with Gasteiger partial charge in [-0.3, -0.25) is 19.3 Å². The standard InChI is InChI=1S/C26H33N5O6/c1-18-4-2-3-5-22(18)30-26(36)29-20-8-6-19(7-9-20)27-23(32)10-11-24(33)28-21(16-25(34)35)17-31-12-14-37-15-13-31/h2-9,21H,10-17H2,1H3,(H,27,32)(H,28,33)(H,34,35)(H2,29,30,36)/t21-/m0/s1. The van der Waals surface area contributed by atoms with E-state index in [0.29, 0.717) is 49.9 Å². The van der Waals surface area contributed by atoms with Crippen molar-refractivity contribution in [3.05, 3.63) is 54.1 Å². The van der Waals surface area contributed by atoms with E-state index in [1.807, 2.05) is 31.2 Å². The third kappa shape index (κ3) is 9.90. The number of aryl methyl sites for hydroxylation is 1. The predicted molar refractivity (Wildman–Crippen MR) is 140 cm³/mol. The molecule has 0 radical (unpaired) electrons. The van der Waals surface area contributed by atoms with Crippen LogP contribution in [0.2, 0.25) is 0 Å². The largest absolute Gasteiger partial charge is 0.481 e. The van der Waals surface area contributed by atoms with Gasteiger partial charge in [-0.2, -0.15) is 0 Å². The molecular weight excluding hydrogens is 478 g/mol. The number of amides is 4. The van der Waals surface area contributed by atoms with Crippen molar-refractivity contribution in [1.29, 1.82) is 0 Å². The number of aliphatic carboxylic acids is 1. The van der Waals surface area contributed by atoms with Crippen molar-refractivity contribution in [2.75, 3.05) is 48.8 Å². The highest BCUT2D eigenvalue weighted by atomic mass is 16.5. The Labute approximate surface area is 215 Å². The van der Waals surface area contributed by atoms with E-state index in [1.165, 1.54) is 0 Å². The van der Waals surface area contributed by atoms with Crippen LogP contribution in [0.25, 0.3) is 0 Å². The van der Waals surface area contributed by atoms with Crippen molar-refractivity contribution < 1.29 is 29.0 Å². The van der Waals surface area contributed by atoms with Crippen LogP contribution in [0.4, 0.5) is 21.9 Å². The number of urea groups is 1. The third-order valence-corrected chi connectivity index (χ3v) is 5.77. The van der Waals surface area contributed by atoms with Crippen LogP contribution in [0.1, 0.15) is 24.8 Å². The number of nitrogens with one attached hydrogen (secondary N) is 4. The highest BCUT2D eigenvalue weighted by Gasteiger charge is 2.21. The third-order valence-electron chi connectivity index (χ3n) is 5.77. The second kappa shape index (κ2) is 14.0. The van der Waals surface area contributed by atoms with E-state index in [-0.39, 0.29) is 37.1 Å². The average molecular weight is 512 g/mol. The van der Waals surface area contributed by atoms with Crippen LogP contribution >= 0.6 is 0 Å². The van der Waals surface area contributed by atoms with Crippen LogP contribution in [0, 0.1) is 6.92 Å². The molecule has 2 aromatic rings. The molecular formula is C26H33N5O6. The van der Waals surface area contributed by atoms with Gasteiger partial charge in [0.2, 0.25) is 11.8 Å². The van der Waals surface area contributed by atoms with Crippen LogP contribution in [0.3, 0.4) is 0 Å². The van der Waals surface area contributed by atoms with Gasteiger partial charge < -0.3 is 31.1 Å². The first-order chi connectivity index (χ1) is 17.8. The minimum Gasteiger partial charge on any atom is -0.481 e. The number of nitrogens with zero attached hydrogens (tertiary/aromatic N) is 1. The quantitative estimate of drug-likeness (QED) is 0.311. The summed E-state index contributed by atoms with van der Waals surface area (Å²) in [6, 6.07) is 13.1. The van der Waals surface area contributed by atoms with Crippen molar-refractivity contribution in [2.45, 2.75) is 32.2 Å². The molecule has 11 nitrogen and oxygen atoms in total. The van der Waals surface area contributed by atoms with Gasteiger partial charge in [-0.05, 0) is 42.8 Å². The molecule has 2 aromatic carbocycles. The zero-order chi connectivity index (χ0) is 26.6. The molecule has 1 aliphatic heterocycles. The van der Waals surface area contributed by atoms with Gasteiger partial charge in [0.25, 0.3) is 0 Å². The monoisotopic (exact) mass is 511 g/mol. The van der Waals surface area contributed by atoms with E-state index in [2.05, 4.69) is 26.2 Å². The number of anilines is 3. The van der Waals surface area contributed by atoms with Gasteiger partial charge in [0, 0.05) is 49.5 Å². The molecule has 1 aliphatic rings. The highest BCUT2D eigenvalue weighted by Crippen LogP contribution is 2.16. The molecule has 5 N–H and O–H groups in total. The molecule has 37 heavy (non-hydrogen) atoms. The van der Waals surface area contributed by atoms with Crippen molar-refractivity contribution >= 4 is 40.9 Å². The van der Waals surface area contributed by atoms with Crippen molar-refractivity contribution in [2.24, 2.45) is 0 Å². The maximum absolute atomic E-state index is 12.4.